The fourth-order valence-corrected chi connectivity index (χ4v) is 3.68. The maximum absolute atomic E-state index is 12.9. The number of halogens is 2. The van der Waals surface area contributed by atoms with E-state index in [2.05, 4.69) is 0 Å². The summed E-state index contributed by atoms with van der Waals surface area (Å²) in [4.78, 5) is 0. The molecule has 0 saturated carbocycles. The smallest absolute Gasteiger partial charge is 0.158 e. The number of hydrogen-bond donors (Lipinski definition) is 1. The van der Waals surface area contributed by atoms with Crippen LogP contribution >= 0.6 is 11.6 Å². The quantitative estimate of drug-likeness (QED) is 0.882. The van der Waals surface area contributed by atoms with Crippen molar-refractivity contribution in [2.75, 3.05) is 5.73 Å². The highest BCUT2D eigenvalue weighted by Crippen LogP contribution is 2.22. The molecule has 2 aromatic rings. The Kier molecular flexibility index (Phi) is 4.30. The summed E-state index contributed by atoms with van der Waals surface area (Å²) in [5.74, 6) is -0.914. The van der Waals surface area contributed by atoms with Crippen LogP contribution in [-0.4, -0.2) is 8.42 Å². The van der Waals surface area contributed by atoms with Crippen LogP contribution in [0, 0.1) is 5.82 Å². The van der Waals surface area contributed by atoms with Crippen LogP contribution in [-0.2, 0) is 21.3 Å². The summed E-state index contributed by atoms with van der Waals surface area (Å²) < 4.78 is 37.2. The summed E-state index contributed by atoms with van der Waals surface area (Å²) in [6, 6.07) is 10.4. The van der Waals surface area contributed by atoms with E-state index in [4.69, 9.17) is 17.3 Å². The number of sulfone groups is 1. The van der Waals surface area contributed by atoms with E-state index in [9.17, 15) is 12.8 Å². The van der Waals surface area contributed by atoms with Crippen molar-refractivity contribution in [3.05, 3.63) is 64.4 Å². The second-order valence-corrected chi connectivity index (χ2v) is 6.94. The molecule has 0 saturated heterocycles. The first-order chi connectivity index (χ1) is 9.37. The van der Waals surface area contributed by atoms with Crippen molar-refractivity contribution in [1.29, 1.82) is 0 Å². The first kappa shape index (κ1) is 14.8. The van der Waals surface area contributed by atoms with E-state index in [0.29, 0.717) is 16.1 Å². The first-order valence-electron chi connectivity index (χ1n) is 5.85. The van der Waals surface area contributed by atoms with Crippen LogP contribution in [0.25, 0.3) is 0 Å². The first-order valence-corrected chi connectivity index (χ1v) is 8.05. The van der Waals surface area contributed by atoms with Gasteiger partial charge in [-0.05, 0) is 29.3 Å². The van der Waals surface area contributed by atoms with Crippen molar-refractivity contribution < 1.29 is 12.8 Å². The molecule has 106 valence electrons. The molecular weight excluding hydrogens is 301 g/mol. The molecule has 0 bridgehead atoms. The standard InChI is InChI=1S/C14H13ClFNO2S/c15-13-4-2-1-3-10(13)8-20(18,19)9-11-5-6-12(16)7-14(11)17/h1-7H,8-9,17H2. The maximum atomic E-state index is 12.9. The fourth-order valence-electron chi connectivity index (χ4n) is 1.84. The van der Waals surface area contributed by atoms with Crippen LogP contribution in [0.15, 0.2) is 42.5 Å². The summed E-state index contributed by atoms with van der Waals surface area (Å²) in [6.07, 6.45) is 0. The van der Waals surface area contributed by atoms with Gasteiger partial charge in [0.25, 0.3) is 0 Å². The zero-order valence-electron chi connectivity index (χ0n) is 10.5. The minimum Gasteiger partial charge on any atom is -0.398 e. The number of rotatable bonds is 4. The lowest BCUT2D eigenvalue weighted by Gasteiger charge is -2.08. The molecule has 0 fully saturated rings. The highest BCUT2D eigenvalue weighted by Gasteiger charge is 2.16. The van der Waals surface area contributed by atoms with Crippen molar-refractivity contribution in [2.45, 2.75) is 11.5 Å². The van der Waals surface area contributed by atoms with Crippen LogP contribution in [0.1, 0.15) is 11.1 Å². The van der Waals surface area contributed by atoms with Gasteiger partial charge in [0.15, 0.2) is 9.84 Å². The van der Waals surface area contributed by atoms with E-state index in [-0.39, 0.29) is 17.2 Å². The fraction of sp³-hybridized carbons (Fsp3) is 0.143. The molecule has 0 unspecified atom stereocenters. The third kappa shape index (κ3) is 3.71. The molecule has 2 aromatic carbocycles. The van der Waals surface area contributed by atoms with Gasteiger partial charge >= 0.3 is 0 Å². The molecule has 3 nitrogen and oxygen atoms in total. The molecule has 0 aromatic heterocycles. The van der Waals surface area contributed by atoms with Crippen LogP contribution in [0.3, 0.4) is 0 Å². The number of benzene rings is 2. The Bertz CT molecular complexity index is 732. The Hall–Kier alpha value is -1.59. The van der Waals surface area contributed by atoms with Gasteiger partial charge in [-0.25, -0.2) is 12.8 Å². The Labute approximate surface area is 122 Å². The number of hydrogen-bond acceptors (Lipinski definition) is 3. The van der Waals surface area contributed by atoms with Crippen molar-refractivity contribution in [2.24, 2.45) is 0 Å². The Morgan fingerprint density at radius 3 is 2.35 bits per heavy atom. The molecule has 2 N–H and O–H groups in total. The molecule has 6 heteroatoms. The third-order valence-electron chi connectivity index (χ3n) is 2.82. The Balaban J connectivity index is 2.22. The summed E-state index contributed by atoms with van der Waals surface area (Å²) in [5, 5.41) is 0.406. The van der Waals surface area contributed by atoms with Gasteiger partial charge in [0.2, 0.25) is 0 Å². The molecule has 20 heavy (non-hydrogen) atoms. The van der Waals surface area contributed by atoms with Gasteiger partial charge in [0.05, 0.1) is 11.5 Å². The average molecular weight is 314 g/mol. The highest BCUT2D eigenvalue weighted by molar-refractivity contribution is 7.89. The van der Waals surface area contributed by atoms with Gasteiger partial charge in [0.1, 0.15) is 5.82 Å². The molecule has 0 amide bonds. The Morgan fingerprint density at radius 2 is 1.70 bits per heavy atom. The monoisotopic (exact) mass is 313 g/mol. The minimum absolute atomic E-state index is 0.132. The summed E-state index contributed by atoms with van der Waals surface area (Å²) >= 11 is 5.95. The number of nitrogens with two attached hydrogens (primary N) is 1. The third-order valence-corrected chi connectivity index (χ3v) is 4.69. The SMILES string of the molecule is Nc1cc(F)ccc1CS(=O)(=O)Cc1ccccc1Cl. The number of anilines is 1. The van der Waals surface area contributed by atoms with Gasteiger partial charge in [-0.3, -0.25) is 0 Å². The summed E-state index contributed by atoms with van der Waals surface area (Å²) in [6.45, 7) is 0. The molecule has 0 aliphatic heterocycles. The van der Waals surface area contributed by atoms with Crippen molar-refractivity contribution in [1.82, 2.24) is 0 Å². The molecule has 0 aliphatic rings. The second kappa shape index (κ2) is 5.81. The van der Waals surface area contributed by atoms with Crippen molar-refractivity contribution in [3.8, 4) is 0 Å². The van der Waals surface area contributed by atoms with Crippen molar-refractivity contribution in [3.63, 3.8) is 0 Å². The molecule has 0 radical (unpaired) electrons. The van der Waals surface area contributed by atoms with Crippen LogP contribution in [0.2, 0.25) is 5.02 Å². The Morgan fingerprint density at radius 1 is 1.05 bits per heavy atom. The topological polar surface area (TPSA) is 60.2 Å². The zero-order chi connectivity index (χ0) is 14.8. The van der Waals surface area contributed by atoms with E-state index in [1.54, 1.807) is 24.3 Å². The van der Waals surface area contributed by atoms with Crippen LogP contribution < -0.4 is 5.73 Å². The van der Waals surface area contributed by atoms with Crippen molar-refractivity contribution >= 4 is 27.1 Å². The van der Waals surface area contributed by atoms with E-state index in [0.717, 1.165) is 6.07 Å². The predicted molar refractivity (Wildman–Crippen MR) is 78.6 cm³/mol. The van der Waals surface area contributed by atoms with E-state index in [1.165, 1.54) is 12.1 Å². The second-order valence-electron chi connectivity index (χ2n) is 4.47. The van der Waals surface area contributed by atoms with Gasteiger partial charge < -0.3 is 5.73 Å². The lowest BCUT2D eigenvalue weighted by molar-refractivity contribution is 0.594. The predicted octanol–water partition coefficient (Wildman–Crippen LogP) is 3.18. The van der Waals surface area contributed by atoms with Gasteiger partial charge in [-0.15, -0.1) is 0 Å². The normalized spacial score (nSPS) is 11.5. The lowest BCUT2D eigenvalue weighted by atomic mass is 10.2. The molecule has 2 rings (SSSR count). The molecule has 0 aliphatic carbocycles. The van der Waals surface area contributed by atoms with Gasteiger partial charge in [-0.2, -0.15) is 0 Å². The summed E-state index contributed by atoms with van der Waals surface area (Å²) in [7, 11) is -3.43. The van der Waals surface area contributed by atoms with E-state index in [1.807, 2.05) is 0 Å². The van der Waals surface area contributed by atoms with Crippen LogP contribution in [0.4, 0.5) is 10.1 Å². The lowest BCUT2D eigenvalue weighted by Crippen LogP contribution is -2.09. The maximum Gasteiger partial charge on any atom is 0.158 e. The summed E-state index contributed by atoms with van der Waals surface area (Å²) in [5.41, 5.74) is 6.68. The molecular formula is C14H13ClFNO2S. The zero-order valence-corrected chi connectivity index (χ0v) is 12.1. The number of nitrogen functional groups attached to an aromatic ring is 1. The molecule has 0 spiro atoms. The average Bonchev–Trinajstić information content (AvgIpc) is 2.35. The minimum atomic E-state index is -3.43. The van der Waals surface area contributed by atoms with Crippen LogP contribution in [0.5, 0.6) is 0 Å². The van der Waals surface area contributed by atoms with Gasteiger partial charge in [0, 0.05) is 10.7 Å². The molecule has 0 heterocycles. The van der Waals surface area contributed by atoms with E-state index >= 15 is 0 Å². The van der Waals surface area contributed by atoms with Gasteiger partial charge in [-0.1, -0.05) is 35.9 Å². The largest absolute Gasteiger partial charge is 0.398 e. The highest BCUT2D eigenvalue weighted by atomic mass is 35.5. The molecule has 0 atom stereocenters. The van der Waals surface area contributed by atoms with E-state index < -0.39 is 15.7 Å².